The third kappa shape index (κ3) is 4.06. The molecule has 0 amide bonds. The second kappa shape index (κ2) is 7.06. The molecule has 5 nitrogen and oxygen atoms in total. The van der Waals surface area contributed by atoms with Gasteiger partial charge in [-0.2, -0.15) is 0 Å². The largest absolute Gasteiger partial charge is 0.390 e. The fourth-order valence-electron chi connectivity index (χ4n) is 2.38. The first-order valence-corrected chi connectivity index (χ1v) is 10.4. The van der Waals surface area contributed by atoms with Crippen LogP contribution < -0.4 is 0 Å². The Kier molecular flexibility index (Phi) is 6.41. The molecule has 0 bridgehead atoms. The standard InChI is InChI=1S/C15H32O5Si/c1-10-11(16-5)12(17-6)13(18-7)14(19-10)20-21(8,9)15(2,3)4/h10-14H,1-9H3/t10-,11-,12-,13-,14-/m0/s1. The first-order valence-electron chi connectivity index (χ1n) is 7.50. The maximum absolute atomic E-state index is 6.40. The molecule has 1 aliphatic heterocycles. The van der Waals surface area contributed by atoms with E-state index in [4.69, 9.17) is 23.4 Å². The van der Waals surface area contributed by atoms with Crippen LogP contribution in [0.1, 0.15) is 27.7 Å². The first-order chi connectivity index (χ1) is 9.59. The molecule has 1 saturated heterocycles. The van der Waals surface area contributed by atoms with Crippen molar-refractivity contribution in [3.8, 4) is 0 Å². The van der Waals surface area contributed by atoms with Crippen LogP contribution in [0.3, 0.4) is 0 Å². The highest BCUT2D eigenvalue weighted by molar-refractivity contribution is 6.74. The Hall–Kier alpha value is 0.0169. The maximum atomic E-state index is 6.40. The molecule has 1 heterocycles. The Balaban J connectivity index is 2.96. The number of methoxy groups -OCH3 is 3. The van der Waals surface area contributed by atoms with Crippen LogP contribution in [0.25, 0.3) is 0 Å². The average molecular weight is 321 g/mol. The molecule has 5 atom stereocenters. The predicted molar refractivity (Wildman–Crippen MR) is 85.0 cm³/mol. The average Bonchev–Trinajstić information content (AvgIpc) is 2.36. The number of hydrogen-bond acceptors (Lipinski definition) is 5. The van der Waals surface area contributed by atoms with Crippen molar-refractivity contribution in [1.29, 1.82) is 0 Å². The highest BCUT2D eigenvalue weighted by Crippen LogP contribution is 2.39. The maximum Gasteiger partial charge on any atom is 0.195 e. The van der Waals surface area contributed by atoms with Crippen LogP contribution in [0.5, 0.6) is 0 Å². The molecule has 0 aromatic carbocycles. The summed E-state index contributed by atoms with van der Waals surface area (Å²) >= 11 is 0. The van der Waals surface area contributed by atoms with Gasteiger partial charge in [0.05, 0.1) is 6.10 Å². The number of ether oxygens (including phenoxy) is 4. The van der Waals surface area contributed by atoms with E-state index < -0.39 is 14.6 Å². The van der Waals surface area contributed by atoms with Gasteiger partial charge in [-0.1, -0.05) is 20.8 Å². The van der Waals surface area contributed by atoms with Crippen LogP contribution in [0.2, 0.25) is 18.1 Å². The van der Waals surface area contributed by atoms with Crippen LogP contribution in [-0.4, -0.2) is 60.4 Å². The van der Waals surface area contributed by atoms with E-state index in [0.717, 1.165) is 0 Å². The topological polar surface area (TPSA) is 46.2 Å². The van der Waals surface area contributed by atoms with Crippen LogP contribution in [-0.2, 0) is 23.4 Å². The van der Waals surface area contributed by atoms with Crippen molar-refractivity contribution in [2.75, 3.05) is 21.3 Å². The van der Waals surface area contributed by atoms with Crippen molar-refractivity contribution in [2.45, 2.75) is 76.5 Å². The Labute approximate surface area is 130 Å². The van der Waals surface area contributed by atoms with Crippen LogP contribution in [0, 0.1) is 0 Å². The Morgan fingerprint density at radius 2 is 1.33 bits per heavy atom. The molecule has 1 fully saturated rings. The predicted octanol–water partition coefficient (Wildman–Crippen LogP) is 2.80. The summed E-state index contributed by atoms with van der Waals surface area (Å²) in [6.45, 7) is 13.0. The molecule has 0 saturated carbocycles. The van der Waals surface area contributed by atoms with Crippen LogP contribution in [0.15, 0.2) is 0 Å². The van der Waals surface area contributed by atoms with Gasteiger partial charge in [0.1, 0.15) is 18.3 Å². The zero-order chi connectivity index (χ0) is 16.4. The van der Waals surface area contributed by atoms with E-state index in [1.165, 1.54) is 0 Å². The van der Waals surface area contributed by atoms with Crippen molar-refractivity contribution in [3.63, 3.8) is 0 Å². The molecule has 0 aromatic rings. The minimum Gasteiger partial charge on any atom is -0.390 e. The van der Waals surface area contributed by atoms with Gasteiger partial charge < -0.3 is 23.4 Å². The summed E-state index contributed by atoms with van der Waals surface area (Å²) in [7, 11) is 3.04. The molecule has 0 unspecified atom stereocenters. The first kappa shape index (κ1) is 19.1. The van der Waals surface area contributed by atoms with Crippen LogP contribution >= 0.6 is 0 Å². The molecule has 0 aliphatic carbocycles. The zero-order valence-corrected chi connectivity index (χ0v) is 15.9. The molecule has 6 heteroatoms. The summed E-state index contributed by atoms with van der Waals surface area (Å²) in [5.74, 6) is 0. The van der Waals surface area contributed by atoms with Gasteiger partial charge in [0.2, 0.25) is 0 Å². The van der Waals surface area contributed by atoms with Gasteiger partial charge in [-0.15, -0.1) is 0 Å². The molecule has 0 N–H and O–H groups in total. The fraction of sp³-hybridized carbons (Fsp3) is 1.00. The minimum atomic E-state index is -1.96. The Bertz CT molecular complexity index is 329. The van der Waals surface area contributed by atoms with Gasteiger partial charge in [-0.3, -0.25) is 0 Å². The highest BCUT2D eigenvalue weighted by Gasteiger charge is 2.49. The van der Waals surface area contributed by atoms with Gasteiger partial charge in [0.15, 0.2) is 14.6 Å². The summed E-state index contributed by atoms with van der Waals surface area (Å²) in [6, 6.07) is 0. The summed E-state index contributed by atoms with van der Waals surface area (Å²) in [6.07, 6.45) is -1.22. The quantitative estimate of drug-likeness (QED) is 0.729. The SMILES string of the molecule is CO[C@@H]1[C@H](OC)[C@H](O[Si](C)(C)C(C)(C)C)O[C@@H](C)[C@@H]1OC. The fourth-order valence-corrected chi connectivity index (χ4v) is 3.50. The lowest BCUT2D eigenvalue weighted by Crippen LogP contribution is -2.61. The van der Waals surface area contributed by atoms with Gasteiger partial charge >= 0.3 is 0 Å². The lowest BCUT2D eigenvalue weighted by molar-refractivity contribution is -0.286. The van der Waals surface area contributed by atoms with E-state index in [0.29, 0.717) is 0 Å². The Morgan fingerprint density at radius 3 is 1.71 bits per heavy atom. The van der Waals surface area contributed by atoms with Crippen molar-refractivity contribution in [2.24, 2.45) is 0 Å². The van der Waals surface area contributed by atoms with Crippen molar-refractivity contribution in [1.82, 2.24) is 0 Å². The smallest absolute Gasteiger partial charge is 0.195 e. The van der Waals surface area contributed by atoms with Crippen molar-refractivity contribution < 1.29 is 23.4 Å². The molecule has 0 aromatic heterocycles. The van der Waals surface area contributed by atoms with Gasteiger partial charge in [0, 0.05) is 21.3 Å². The van der Waals surface area contributed by atoms with Gasteiger partial charge in [0.25, 0.3) is 0 Å². The Morgan fingerprint density at radius 1 is 0.857 bits per heavy atom. The lowest BCUT2D eigenvalue weighted by atomic mass is 9.99. The molecule has 1 aliphatic rings. The van der Waals surface area contributed by atoms with E-state index in [-0.39, 0.29) is 29.5 Å². The van der Waals surface area contributed by atoms with E-state index in [1.54, 1.807) is 21.3 Å². The van der Waals surface area contributed by atoms with E-state index in [1.807, 2.05) is 6.92 Å². The second-order valence-corrected chi connectivity index (χ2v) is 11.9. The number of hydrogen-bond donors (Lipinski definition) is 0. The third-order valence-corrected chi connectivity index (χ3v) is 9.19. The van der Waals surface area contributed by atoms with Crippen molar-refractivity contribution >= 4 is 8.32 Å². The van der Waals surface area contributed by atoms with E-state index in [9.17, 15) is 0 Å². The second-order valence-electron chi connectivity index (χ2n) is 7.19. The van der Waals surface area contributed by atoms with Gasteiger partial charge in [-0.25, -0.2) is 0 Å². The summed E-state index contributed by atoms with van der Waals surface area (Å²) in [4.78, 5) is 0. The van der Waals surface area contributed by atoms with E-state index >= 15 is 0 Å². The third-order valence-electron chi connectivity index (χ3n) is 4.76. The summed E-state index contributed by atoms with van der Waals surface area (Å²) in [5, 5.41) is 0.110. The molecule has 126 valence electrons. The van der Waals surface area contributed by atoms with Crippen molar-refractivity contribution in [3.05, 3.63) is 0 Å². The normalized spacial score (nSPS) is 35.0. The number of rotatable bonds is 5. The summed E-state index contributed by atoms with van der Waals surface area (Å²) < 4.78 is 29.2. The molecule has 21 heavy (non-hydrogen) atoms. The molecular formula is C15H32O5Si. The summed E-state index contributed by atoms with van der Waals surface area (Å²) in [5.41, 5.74) is 0. The van der Waals surface area contributed by atoms with E-state index in [2.05, 4.69) is 33.9 Å². The molecule has 0 spiro atoms. The van der Waals surface area contributed by atoms with Crippen LogP contribution in [0.4, 0.5) is 0 Å². The highest BCUT2D eigenvalue weighted by atomic mass is 28.4. The molecule has 0 radical (unpaired) electrons. The minimum absolute atomic E-state index is 0.110. The lowest BCUT2D eigenvalue weighted by Gasteiger charge is -2.47. The monoisotopic (exact) mass is 320 g/mol. The molecular weight excluding hydrogens is 288 g/mol. The molecule has 1 rings (SSSR count). The van der Waals surface area contributed by atoms with Gasteiger partial charge in [-0.05, 0) is 25.1 Å². The zero-order valence-electron chi connectivity index (χ0n) is 14.9.